The number of unbranched alkanes of at least 4 members (excludes halogenated alkanes) is 32. The number of rotatable bonds is 58. The predicted octanol–water partition coefficient (Wildman–Crippen LogP) is 18.5. The molecule has 12 heteroatoms. The molecule has 1 saturated heterocycles. The Morgan fingerprint density at radius 1 is 0.410 bits per heavy atom. The van der Waals surface area contributed by atoms with Gasteiger partial charge in [-0.3, -0.25) is 14.4 Å². The van der Waals surface area contributed by atoms with Gasteiger partial charge in [-0.05, 0) is 57.8 Å². The largest absolute Gasteiger partial charge is 0.479 e. The third kappa shape index (κ3) is 48.0. The lowest BCUT2D eigenvalue weighted by molar-refractivity contribution is -0.301. The molecule has 0 radical (unpaired) electrons. The maximum atomic E-state index is 13.2. The smallest absolute Gasteiger partial charge is 0.335 e. The van der Waals surface area contributed by atoms with E-state index in [1.807, 2.05) is 12.2 Å². The van der Waals surface area contributed by atoms with Gasteiger partial charge in [-0.1, -0.05) is 299 Å². The van der Waals surface area contributed by atoms with Crippen LogP contribution < -0.4 is 0 Å². The first-order chi connectivity index (χ1) is 40.6. The molecular weight excluding hydrogens is 1040 g/mol. The van der Waals surface area contributed by atoms with Crippen LogP contribution in [0.5, 0.6) is 0 Å². The number of aliphatic carboxylic acids is 1. The quantitative estimate of drug-likeness (QED) is 0.0228. The van der Waals surface area contributed by atoms with E-state index in [0.717, 1.165) is 83.5 Å². The minimum atomic E-state index is -1.91. The number of hydrogen-bond acceptors (Lipinski definition) is 11. The minimum absolute atomic E-state index is 0.0567. The number of esters is 3. The normalized spacial score (nSPS) is 18.0. The molecule has 1 rings (SSSR count). The molecule has 0 aromatic carbocycles. The predicted molar refractivity (Wildman–Crippen MR) is 340 cm³/mol. The monoisotopic (exact) mass is 1170 g/mol. The highest BCUT2D eigenvalue weighted by Gasteiger charge is 2.50. The van der Waals surface area contributed by atoms with E-state index in [9.17, 15) is 34.5 Å². The Kier molecular flexibility index (Phi) is 54.4. The van der Waals surface area contributed by atoms with Crippen molar-refractivity contribution in [1.82, 2.24) is 0 Å². The molecule has 0 spiro atoms. The van der Waals surface area contributed by atoms with Crippen LogP contribution in [0.4, 0.5) is 0 Å². The summed E-state index contributed by atoms with van der Waals surface area (Å²) in [6, 6.07) is 0. The van der Waals surface area contributed by atoms with E-state index >= 15 is 0 Å². The number of ether oxygens (including phenoxy) is 5. The number of carbonyl (C=O) groups is 4. The molecule has 0 aliphatic carbocycles. The summed E-state index contributed by atoms with van der Waals surface area (Å²) in [7, 11) is 0. The highest BCUT2D eigenvalue weighted by Crippen LogP contribution is 2.27. The molecular formula is C71H122O12. The van der Waals surface area contributed by atoms with Crippen LogP contribution in [0, 0.1) is 0 Å². The number of carboxylic acid groups (broad SMARTS) is 1. The maximum absolute atomic E-state index is 13.2. The molecule has 0 aromatic rings. The fourth-order valence-corrected chi connectivity index (χ4v) is 10.2. The van der Waals surface area contributed by atoms with Gasteiger partial charge in [-0.2, -0.15) is 0 Å². The Morgan fingerprint density at radius 2 is 0.759 bits per heavy atom. The van der Waals surface area contributed by atoms with Crippen molar-refractivity contribution in [3.63, 3.8) is 0 Å². The van der Waals surface area contributed by atoms with Gasteiger partial charge in [0.1, 0.15) is 18.8 Å². The van der Waals surface area contributed by atoms with Crippen molar-refractivity contribution in [3.8, 4) is 0 Å². The summed E-state index contributed by atoms with van der Waals surface area (Å²) in [6.45, 7) is 5.87. The van der Waals surface area contributed by atoms with E-state index in [2.05, 4.69) is 81.5 Å². The molecule has 1 aliphatic heterocycles. The van der Waals surface area contributed by atoms with Crippen LogP contribution in [0.25, 0.3) is 0 Å². The van der Waals surface area contributed by atoms with Crippen molar-refractivity contribution in [2.45, 2.75) is 340 Å². The summed E-state index contributed by atoms with van der Waals surface area (Å²) < 4.78 is 28.5. The van der Waals surface area contributed by atoms with Crippen LogP contribution in [0.3, 0.4) is 0 Å². The summed E-state index contributed by atoms with van der Waals surface area (Å²) in [6.07, 6.45) is 63.0. The summed E-state index contributed by atoms with van der Waals surface area (Å²) in [5.41, 5.74) is 0. The van der Waals surface area contributed by atoms with E-state index in [4.69, 9.17) is 23.7 Å². The van der Waals surface area contributed by atoms with Gasteiger partial charge in [0.25, 0.3) is 0 Å². The molecule has 478 valence electrons. The second-order valence-electron chi connectivity index (χ2n) is 23.1. The summed E-state index contributed by atoms with van der Waals surface area (Å²) in [4.78, 5) is 51.4. The summed E-state index contributed by atoms with van der Waals surface area (Å²) >= 11 is 0. The zero-order valence-electron chi connectivity index (χ0n) is 52.9. The first kappa shape index (κ1) is 77.2. The van der Waals surface area contributed by atoms with Gasteiger partial charge in [0.15, 0.2) is 24.6 Å². The number of aliphatic hydroxyl groups is 2. The first-order valence-corrected chi connectivity index (χ1v) is 33.9. The SMILES string of the molecule is CC/C=C\C/C=C\C/C=C\C/C=C\C/C=C\C/C=C\CCC(=O)OCC(COC1OC(C(=O)O)C(O)C(O)C1OC(=O)CCCCCCCCCCCCCCCCCCC)OC(=O)CCCCCCCCCCCCCCCCCCC. The average molecular weight is 1170 g/mol. The number of carbonyl (C=O) groups excluding carboxylic acids is 3. The Bertz CT molecular complexity index is 1720. The fourth-order valence-electron chi connectivity index (χ4n) is 10.2. The van der Waals surface area contributed by atoms with Crippen molar-refractivity contribution in [2.24, 2.45) is 0 Å². The molecule has 0 amide bonds. The van der Waals surface area contributed by atoms with E-state index in [-0.39, 0.29) is 25.9 Å². The average Bonchev–Trinajstić information content (AvgIpc) is 3.59. The van der Waals surface area contributed by atoms with E-state index in [1.54, 1.807) is 0 Å². The molecule has 6 atom stereocenters. The van der Waals surface area contributed by atoms with Crippen LogP contribution in [-0.2, 0) is 42.9 Å². The Hall–Kier alpha value is -3.84. The van der Waals surface area contributed by atoms with Crippen LogP contribution in [0.15, 0.2) is 72.9 Å². The summed E-state index contributed by atoms with van der Waals surface area (Å²) in [5.74, 6) is -3.20. The number of aliphatic hydroxyl groups excluding tert-OH is 2. The molecule has 0 bridgehead atoms. The zero-order valence-corrected chi connectivity index (χ0v) is 52.9. The van der Waals surface area contributed by atoms with Crippen LogP contribution in [0.1, 0.15) is 303 Å². The number of hydrogen-bond donors (Lipinski definition) is 3. The lowest BCUT2D eigenvalue weighted by Crippen LogP contribution is -2.61. The molecule has 6 unspecified atom stereocenters. The molecule has 1 heterocycles. The second-order valence-corrected chi connectivity index (χ2v) is 23.1. The second kappa shape index (κ2) is 58.5. The van der Waals surface area contributed by atoms with E-state index in [1.165, 1.54) is 161 Å². The van der Waals surface area contributed by atoms with Crippen molar-refractivity contribution < 1.29 is 58.2 Å². The highest BCUT2D eigenvalue weighted by atomic mass is 16.7. The van der Waals surface area contributed by atoms with Gasteiger partial charge in [-0.25, -0.2) is 4.79 Å². The van der Waals surface area contributed by atoms with Crippen molar-refractivity contribution >= 4 is 23.9 Å². The Morgan fingerprint density at radius 3 is 1.13 bits per heavy atom. The van der Waals surface area contributed by atoms with E-state index < -0.39 is 67.3 Å². The van der Waals surface area contributed by atoms with Crippen LogP contribution >= 0.6 is 0 Å². The summed E-state index contributed by atoms with van der Waals surface area (Å²) in [5, 5.41) is 31.6. The Labute approximate surface area is 506 Å². The van der Waals surface area contributed by atoms with Gasteiger partial charge in [0.2, 0.25) is 0 Å². The van der Waals surface area contributed by atoms with E-state index in [0.29, 0.717) is 19.3 Å². The lowest BCUT2D eigenvalue weighted by atomic mass is 9.98. The molecule has 3 N–H and O–H groups in total. The van der Waals surface area contributed by atoms with Crippen molar-refractivity contribution in [1.29, 1.82) is 0 Å². The number of carboxylic acids is 1. The Balaban J connectivity index is 2.68. The number of allylic oxidation sites excluding steroid dienone is 12. The van der Waals surface area contributed by atoms with Gasteiger partial charge in [0.05, 0.1) is 6.61 Å². The maximum Gasteiger partial charge on any atom is 0.335 e. The topological polar surface area (TPSA) is 175 Å². The van der Waals surface area contributed by atoms with Gasteiger partial charge in [0, 0.05) is 19.3 Å². The zero-order chi connectivity index (χ0) is 60.3. The third-order valence-corrected chi connectivity index (χ3v) is 15.3. The minimum Gasteiger partial charge on any atom is -0.479 e. The van der Waals surface area contributed by atoms with Gasteiger partial charge >= 0.3 is 23.9 Å². The standard InChI is InChI=1S/C71H122O12/c1-4-7-10-13-16-19-22-25-28-31-32-35-36-39-42-45-48-51-54-57-63(72)79-60-62(81-64(73)58-55-52-49-46-43-40-37-33-29-26-23-20-17-14-11-8-5-2)61-80-71-69(67(76)66(75)68(83-71)70(77)78)82-65(74)59-56-53-50-47-44-41-38-34-30-27-24-21-18-15-12-9-6-3/h7,10,16,19,25,28,32,35,39,42,48,51,62,66-69,71,75-76H,4-6,8-9,11-15,17-18,20-24,26-27,29-31,33-34,36-38,40-41,43-47,49-50,52-61H2,1-3H3,(H,77,78)/b10-7-,19-16-,28-25-,35-32-,42-39-,51-48-. The van der Waals surface area contributed by atoms with Crippen molar-refractivity contribution in [3.05, 3.63) is 72.9 Å². The first-order valence-electron chi connectivity index (χ1n) is 33.9. The third-order valence-electron chi connectivity index (χ3n) is 15.3. The molecule has 1 aliphatic rings. The molecule has 1 fully saturated rings. The fraction of sp³-hybridized carbons (Fsp3) is 0.775. The highest BCUT2D eigenvalue weighted by molar-refractivity contribution is 5.74. The molecule has 0 aromatic heterocycles. The molecule has 12 nitrogen and oxygen atoms in total. The lowest BCUT2D eigenvalue weighted by Gasteiger charge is -2.40. The molecule has 83 heavy (non-hydrogen) atoms. The van der Waals surface area contributed by atoms with Crippen LogP contribution in [-0.4, -0.2) is 89.2 Å². The molecule has 0 saturated carbocycles. The van der Waals surface area contributed by atoms with Crippen molar-refractivity contribution in [2.75, 3.05) is 13.2 Å². The van der Waals surface area contributed by atoms with Crippen LogP contribution in [0.2, 0.25) is 0 Å². The van der Waals surface area contributed by atoms with Gasteiger partial charge in [-0.15, -0.1) is 0 Å². The van der Waals surface area contributed by atoms with Gasteiger partial charge < -0.3 is 39.0 Å².